The maximum Gasteiger partial charge on any atom is 0.317 e. The minimum Gasteiger partial charge on any atom is -0.481 e. The van der Waals surface area contributed by atoms with E-state index in [9.17, 15) is 14.7 Å². The SMILES string of the molecule is CC(NC(=O)N1CCC(C)(C(=O)O)C1)c1ccc(Oc2cccnc2)cc1. The first-order valence-electron chi connectivity index (χ1n) is 8.84. The average molecular weight is 369 g/mol. The third-order valence-electron chi connectivity index (χ3n) is 4.87. The van der Waals surface area contributed by atoms with Gasteiger partial charge in [-0.25, -0.2) is 4.79 Å². The fraction of sp³-hybridized carbons (Fsp3) is 0.350. The van der Waals surface area contributed by atoms with Crippen LogP contribution in [0.3, 0.4) is 0 Å². The summed E-state index contributed by atoms with van der Waals surface area (Å²) >= 11 is 0. The molecule has 0 saturated carbocycles. The van der Waals surface area contributed by atoms with Crippen molar-refractivity contribution in [2.45, 2.75) is 26.3 Å². The molecular formula is C20H23N3O4. The number of amides is 2. The number of ether oxygens (including phenoxy) is 1. The zero-order valence-electron chi connectivity index (χ0n) is 15.4. The minimum absolute atomic E-state index is 0.207. The molecule has 1 aliphatic rings. The summed E-state index contributed by atoms with van der Waals surface area (Å²) in [6.07, 6.45) is 3.78. The van der Waals surface area contributed by atoms with Crippen molar-refractivity contribution in [2.24, 2.45) is 5.41 Å². The van der Waals surface area contributed by atoms with E-state index in [-0.39, 0.29) is 18.6 Å². The second-order valence-electron chi connectivity index (χ2n) is 7.07. The van der Waals surface area contributed by atoms with E-state index in [2.05, 4.69) is 10.3 Å². The van der Waals surface area contributed by atoms with Crippen LogP contribution in [0.15, 0.2) is 48.8 Å². The van der Waals surface area contributed by atoms with Crippen molar-refractivity contribution in [3.05, 3.63) is 54.4 Å². The molecule has 3 rings (SSSR count). The van der Waals surface area contributed by atoms with Gasteiger partial charge in [0.05, 0.1) is 17.7 Å². The van der Waals surface area contributed by atoms with E-state index >= 15 is 0 Å². The molecule has 1 fully saturated rings. The zero-order chi connectivity index (χ0) is 19.4. The predicted molar refractivity (Wildman–Crippen MR) is 99.6 cm³/mol. The molecule has 2 atom stereocenters. The summed E-state index contributed by atoms with van der Waals surface area (Å²) in [4.78, 5) is 29.3. The first kappa shape index (κ1) is 18.7. The number of hydrogen-bond acceptors (Lipinski definition) is 4. The maximum absolute atomic E-state index is 12.4. The molecule has 2 N–H and O–H groups in total. The van der Waals surface area contributed by atoms with Crippen LogP contribution in [0.5, 0.6) is 11.5 Å². The smallest absolute Gasteiger partial charge is 0.317 e. The van der Waals surface area contributed by atoms with E-state index in [1.165, 1.54) is 0 Å². The predicted octanol–water partition coefficient (Wildman–Crippen LogP) is 3.44. The quantitative estimate of drug-likeness (QED) is 0.842. The maximum atomic E-state index is 12.4. The Morgan fingerprint density at radius 3 is 2.59 bits per heavy atom. The van der Waals surface area contributed by atoms with Gasteiger partial charge in [0, 0.05) is 19.3 Å². The van der Waals surface area contributed by atoms with Crippen LogP contribution in [0.1, 0.15) is 31.9 Å². The van der Waals surface area contributed by atoms with Gasteiger partial charge in [-0.15, -0.1) is 0 Å². The number of nitrogens with zero attached hydrogens (tertiary/aromatic N) is 2. The van der Waals surface area contributed by atoms with Crippen LogP contribution in [0.25, 0.3) is 0 Å². The third kappa shape index (κ3) is 4.36. The summed E-state index contributed by atoms with van der Waals surface area (Å²) in [6, 6.07) is 10.6. The second kappa shape index (κ2) is 7.65. The number of carbonyl (C=O) groups excluding carboxylic acids is 1. The average Bonchev–Trinajstić information content (AvgIpc) is 3.07. The Morgan fingerprint density at radius 1 is 1.26 bits per heavy atom. The van der Waals surface area contributed by atoms with Crippen LogP contribution in [-0.4, -0.2) is 40.1 Å². The largest absolute Gasteiger partial charge is 0.481 e. The van der Waals surface area contributed by atoms with E-state index in [0.29, 0.717) is 24.5 Å². The highest BCUT2D eigenvalue weighted by atomic mass is 16.5. The molecular weight excluding hydrogens is 346 g/mol. The minimum atomic E-state index is -0.869. The number of aliphatic carboxylic acids is 1. The normalized spacial score (nSPS) is 20.1. The summed E-state index contributed by atoms with van der Waals surface area (Å²) in [5.74, 6) is 0.471. The molecule has 1 aliphatic heterocycles. The number of carbonyl (C=O) groups is 2. The first-order valence-corrected chi connectivity index (χ1v) is 8.84. The highest BCUT2D eigenvalue weighted by Crippen LogP contribution is 2.30. The van der Waals surface area contributed by atoms with E-state index in [1.54, 1.807) is 30.3 Å². The van der Waals surface area contributed by atoms with Gasteiger partial charge in [0.15, 0.2) is 0 Å². The Morgan fingerprint density at radius 2 is 2.00 bits per heavy atom. The van der Waals surface area contributed by atoms with E-state index in [0.717, 1.165) is 5.56 Å². The molecule has 0 radical (unpaired) electrons. The number of pyridine rings is 1. The molecule has 2 amide bonds. The summed E-state index contributed by atoms with van der Waals surface area (Å²) in [7, 11) is 0. The Kier molecular flexibility index (Phi) is 5.30. The van der Waals surface area contributed by atoms with Crippen molar-refractivity contribution in [1.82, 2.24) is 15.2 Å². The topological polar surface area (TPSA) is 91.8 Å². The van der Waals surface area contributed by atoms with Crippen molar-refractivity contribution in [2.75, 3.05) is 13.1 Å². The third-order valence-corrected chi connectivity index (χ3v) is 4.87. The molecule has 1 saturated heterocycles. The van der Waals surface area contributed by atoms with Gasteiger partial charge in [-0.05, 0) is 50.1 Å². The van der Waals surface area contributed by atoms with Gasteiger partial charge >= 0.3 is 12.0 Å². The number of benzene rings is 1. The lowest BCUT2D eigenvalue weighted by Gasteiger charge is -2.23. The fourth-order valence-electron chi connectivity index (χ4n) is 3.04. The van der Waals surface area contributed by atoms with Crippen molar-refractivity contribution in [3.63, 3.8) is 0 Å². The Balaban J connectivity index is 1.57. The molecule has 0 aliphatic carbocycles. The summed E-state index contributed by atoms with van der Waals surface area (Å²) < 4.78 is 5.71. The number of carboxylic acid groups (broad SMARTS) is 1. The number of urea groups is 1. The van der Waals surface area contributed by atoms with Gasteiger partial charge < -0.3 is 20.1 Å². The van der Waals surface area contributed by atoms with Crippen molar-refractivity contribution in [3.8, 4) is 11.5 Å². The van der Waals surface area contributed by atoms with Crippen LogP contribution in [0, 0.1) is 5.41 Å². The molecule has 1 aromatic heterocycles. The van der Waals surface area contributed by atoms with Gasteiger partial charge in [0.25, 0.3) is 0 Å². The summed E-state index contributed by atoms with van der Waals surface area (Å²) in [6.45, 7) is 4.23. The van der Waals surface area contributed by atoms with Gasteiger partial charge in [-0.1, -0.05) is 12.1 Å². The van der Waals surface area contributed by atoms with Gasteiger partial charge in [0.1, 0.15) is 11.5 Å². The first-order chi connectivity index (χ1) is 12.9. The van der Waals surface area contributed by atoms with Crippen molar-refractivity contribution in [1.29, 1.82) is 0 Å². The second-order valence-corrected chi connectivity index (χ2v) is 7.07. The summed E-state index contributed by atoms with van der Waals surface area (Å²) in [5.41, 5.74) is 0.0633. The monoisotopic (exact) mass is 369 g/mol. The van der Waals surface area contributed by atoms with E-state index < -0.39 is 11.4 Å². The molecule has 7 heteroatoms. The Hall–Kier alpha value is -3.09. The molecule has 0 spiro atoms. The number of aromatic nitrogens is 1. The van der Waals surface area contributed by atoms with E-state index in [4.69, 9.17) is 4.74 Å². The molecule has 2 heterocycles. The molecule has 0 bridgehead atoms. The number of hydrogen-bond donors (Lipinski definition) is 2. The summed E-state index contributed by atoms with van der Waals surface area (Å²) in [5, 5.41) is 12.2. The highest BCUT2D eigenvalue weighted by Gasteiger charge is 2.42. The lowest BCUT2D eigenvalue weighted by Crippen LogP contribution is -2.41. The lowest BCUT2D eigenvalue weighted by molar-refractivity contribution is -0.147. The van der Waals surface area contributed by atoms with Gasteiger partial charge in [-0.3, -0.25) is 9.78 Å². The molecule has 27 heavy (non-hydrogen) atoms. The molecule has 7 nitrogen and oxygen atoms in total. The Bertz CT molecular complexity index is 810. The molecule has 2 unspecified atom stereocenters. The number of nitrogens with one attached hydrogen (secondary N) is 1. The number of likely N-dealkylation sites (tertiary alicyclic amines) is 1. The van der Waals surface area contributed by atoms with Crippen LogP contribution in [0.4, 0.5) is 4.79 Å². The standard InChI is InChI=1S/C20H23N3O4/c1-14(22-19(26)23-11-9-20(2,13-23)18(24)25)15-5-7-16(8-6-15)27-17-4-3-10-21-12-17/h3-8,10,12,14H,9,11,13H2,1-2H3,(H,22,26)(H,24,25). The van der Waals surface area contributed by atoms with Crippen LogP contribution in [0.2, 0.25) is 0 Å². The van der Waals surface area contributed by atoms with Gasteiger partial charge in [-0.2, -0.15) is 0 Å². The fourth-order valence-corrected chi connectivity index (χ4v) is 3.04. The molecule has 2 aromatic rings. The van der Waals surface area contributed by atoms with Crippen LogP contribution >= 0.6 is 0 Å². The molecule has 1 aromatic carbocycles. The van der Waals surface area contributed by atoms with Crippen molar-refractivity contribution < 1.29 is 19.4 Å². The van der Waals surface area contributed by atoms with Crippen LogP contribution < -0.4 is 10.1 Å². The zero-order valence-corrected chi connectivity index (χ0v) is 15.4. The van der Waals surface area contributed by atoms with Crippen LogP contribution in [-0.2, 0) is 4.79 Å². The number of carboxylic acids is 1. The highest BCUT2D eigenvalue weighted by molar-refractivity contribution is 5.79. The van der Waals surface area contributed by atoms with E-state index in [1.807, 2.05) is 37.3 Å². The Labute approximate surface area is 158 Å². The molecule has 142 valence electrons. The van der Waals surface area contributed by atoms with Gasteiger partial charge in [0.2, 0.25) is 0 Å². The number of rotatable bonds is 5. The lowest BCUT2D eigenvalue weighted by atomic mass is 9.90. The van der Waals surface area contributed by atoms with Crippen molar-refractivity contribution >= 4 is 12.0 Å².